The highest BCUT2D eigenvalue weighted by molar-refractivity contribution is 5.68. The molecule has 1 nitrogen and oxygen atoms in total. The zero-order valence-electron chi connectivity index (χ0n) is 8.46. The average molecular weight is 176 g/mol. The van der Waals surface area contributed by atoms with Gasteiger partial charge in [0.05, 0.1) is 6.10 Å². The van der Waals surface area contributed by atoms with Gasteiger partial charge in [-0.3, -0.25) is 0 Å². The van der Waals surface area contributed by atoms with Crippen molar-refractivity contribution in [3.63, 3.8) is 0 Å². The van der Waals surface area contributed by atoms with Gasteiger partial charge in [0.25, 0.3) is 0 Å². The average Bonchev–Trinajstić information content (AvgIpc) is 2.03. The summed E-state index contributed by atoms with van der Waals surface area (Å²) in [5.41, 5.74) is 4.25. The fourth-order valence-electron chi connectivity index (χ4n) is 1.40. The highest BCUT2D eigenvalue weighted by atomic mass is 16.3. The predicted octanol–water partition coefficient (Wildman–Crippen LogP) is 2.70. The summed E-state index contributed by atoms with van der Waals surface area (Å²) in [7, 11) is 0. The van der Waals surface area contributed by atoms with Crippen LogP contribution < -0.4 is 0 Å². The smallest absolute Gasteiger partial charge is 0.0762 e. The van der Waals surface area contributed by atoms with Crippen molar-refractivity contribution in [2.24, 2.45) is 0 Å². The van der Waals surface area contributed by atoms with Crippen molar-refractivity contribution in [3.8, 4) is 0 Å². The van der Waals surface area contributed by atoms with Crippen LogP contribution in [0.4, 0.5) is 0 Å². The van der Waals surface area contributed by atoms with E-state index >= 15 is 0 Å². The molecule has 1 rings (SSSR count). The first-order valence-corrected chi connectivity index (χ1v) is 4.47. The molecule has 0 aliphatic carbocycles. The molecular formula is C12H16O. The molecule has 0 radical (unpaired) electrons. The lowest BCUT2D eigenvalue weighted by molar-refractivity contribution is 0.253. The van der Waals surface area contributed by atoms with Crippen molar-refractivity contribution in [2.75, 3.05) is 0 Å². The van der Waals surface area contributed by atoms with E-state index in [1.165, 1.54) is 11.1 Å². The molecule has 0 aromatic heterocycles. The van der Waals surface area contributed by atoms with Gasteiger partial charge >= 0.3 is 0 Å². The van der Waals surface area contributed by atoms with Crippen molar-refractivity contribution < 1.29 is 5.11 Å². The van der Waals surface area contributed by atoms with Crippen LogP contribution in [0.5, 0.6) is 0 Å². The van der Waals surface area contributed by atoms with Gasteiger partial charge in [-0.25, -0.2) is 0 Å². The van der Waals surface area contributed by atoms with Gasteiger partial charge in [0, 0.05) is 0 Å². The largest absolute Gasteiger partial charge is 0.389 e. The molecule has 0 unspecified atom stereocenters. The summed E-state index contributed by atoms with van der Waals surface area (Å²) in [6.45, 7) is 9.70. The van der Waals surface area contributed by atoms with E-state index in [-0.39, 0.29) is 0 Å². The van der Waals surface area contributed by atoms with E-state index < -0.39 is 6.10 Å². The molecule has 1 atom stereocenters. The molecule has 70 valence electrons. The first kappa shape index (κ1) is 10.0. The summed E-state index contributed by atoms with van der Waals surface area (Å²) in [5, 5.41) is 9.37. The quantitative estimate of drug-likeness (QED) is 0.734. The summed E-state index contributed by atoms with van der Waals surface area (Å²) in [5.74, 6) is 0. The number of hydrogen-bond acceptors (Lipinski definition) is 1. The minimum absolute atomic E-state index is 0.471. The van der Waals surface area contributed by atoms with Crippen LogP contribution in [0.2, 0.25) is 0 Å². The molecule has 0 fully saturated rings. The van der Waals surface area contributed by atoms with E-state index in [1.54, 1.807) is 6.92 Å². The Morgan fingerprint density at radius 1 is 1.38 bits per heavy atom. The minimum Gasteiger partial charge on any atom is -0.389 e. The van der Waals surface area contributed by atoms with E-state index in [4.69, 9.17) is 0 Å². The molecular weight excluding hydrogens is 160 g/mol. The monoisotopic (exact) mass is 176 g/mol. The van der Waals surface area contributed by atoms with Gasteiger partial charge in [0.1, 0.15) is 0 Å². The Kier molecular flexibility index (Phi) is 2.89. The topological polar surface area (TPSA) is 20.2 Å². The zero-order valence-corrected chi connectivity index (χ0v) is 8.46. The van der Waals surface area contributed by atoms with Crippen molar-refractivity contribution >= 4 is 5.57 Å². The molecule has 1 heteroatoms. The summed E-state index contributed by atoms with van der Waals surface area (Å²) in [6.07, 6.45) is -0.471. The molecule has 1 N–H and O–H groups in total. The number of benzene rings is 1. The van der Waals surface area contributed by atoms with Crippen LogP contribution in [-0.2, 0) is 0 Å². The fraction of sp³-hybridized carbons (Fsp3) is 0.333. The summed E-state index contributed by atoms with van der Waals surface area (Å²) in [6, 6.07) is 6.15. The predicted molar refractivity (Wildman–Crippen MR) is 56.6 cm³/mol. The Hall–Kier alpha value is -1.08. The Morgan fingerprint density at radius 3 is 2.46 bits per heavy atom. The zero-order chi connectivity index (χ0) is 10.0. The lowest BCUT2D eigenvalue weighted by Gasteiger charge is -2.12. The Balaban J connectivity index is 3.09. The Labute approximate surface area is 79.7 Å². The number of hydrogen-bond donors (Lipinski definition) is 1. The third-order valence-electron chi connectivity index (χ3n) is 2.23. The van der Waals surface area contributed by atoms with Gasteiger partial charge < -0.3 is 5.11 Å². The second-order valence-corrected chi connectivity index (χ2v) is 3.52. The van der Waals surface area contributed by atoms with E-state index in [2.05, 4.69) is 19.6 Å². The van der Waals surface area contributed by atoms with Gasteiger partial charge in [-0.1, -0.05) is 30.3 Å². The van der Waals surface area contributed by atoms with Crippen LogP contribution in [0.3, 0.4) is 0 Å². The number of aryl methyl sites for hydroxylation is 2. The van der Waals surface area contributed by atoms with Crippen molar-refractivity contribution in [1.82, 2.24) is 0 Å². The normalized spacial score (nSPS) is 12.6. The highest BCUT2D eigenvalue weighted by Gasteiger charge is 2.07. The van der Waals surface area contributed by atoms with Crippen LogP contribution >= 0.6 is 0 Å². The van der Waals surface area contributed by atoms with Crippen molar-refractivity contribution in [2.45, 2.75) is 26.9 Å². The maximum absolute atomic E-state index is 9.37. The molecule has 0 aliphatic heterocycles. The maximum Gasteiger partial charge on any atom is 0.0762 e. The van der Waals surface area contributed by atoms with Gasteiger partial charge in [-0.05, 0) is 37.5 Å². The fourth-order valence-corrected chi connectivity index (χ4v) is 1.40. The molecule has 0 heterocycles. The van der Waals surface area contributed by atoms with Crippen LogP contribution in [-0.4, -0.2) is 11.2 Å². The molecule has 0 aliphatic rings. The third-order valence-corrected chi connectivity index (χ3v) is 2.23. The second kappa shape index (κ2) is 3.75. The maximum atomic E-state index is 9.37. The Morgan fingerprint density at radius 2 is 2.00 bits per heavy atom. The number of rotatable bonds is 2. The van der Waals surface area contributed by atoms with E-state index in [9.17, 15) is 5.11 Å². The molecule has 1 aromatic rings. The summed E-state index contributed by atoms with van der Waals surface area (Å²) < 4.78 is 0. The molecule has 0 amide bonds. The molecule has 1 aromatic carbocycles. The summed E-state index contributed by atoms with van der Waals surface area (Å²) in [4.78, 5) is 0. The number of aliphatic hydroxyl groups is 1. The van der Waals surface area contributed by atoms with E-state index in [1.807, 2.05) is 19.1 Å². The molecule has 0 saturated carbocycles. The van der Waals surface area contributed by atoms with Gasteiger partial charge in [0.2, 0.25) is 0 Å². The van der Waals surface area contributed by atoms with Crippen LogP contribution in [0.15, 0.2) is 24.8 Å². The molecule has 0 saturated heterocycles. The van der Waals surface area contributed by atoms with E-state index in [0.717, 1.165) is 11.1 Å². The Bertz CT molecular complexity index is 324. The van der Waals surface area contributed by atoms with Crippen molar-refractivity contribution in [1.29, 1.82) is 0 Å². The minimum atomic E-state index is -0.471. The van der Waals surface area contributed by atoms with Crippen LogP contribution in [0.1, 0.15) is 23.6 Å². The second-order valence-electron chi connectivity index (χ2n) is 3.52. The highest BCUT2D eigenvalue weighted by Crippen LogP contribution is 2.21. The summed E-state index contributed by atoms with van der Waals surface area (Å²) >= 11 is 0. The first-order chi connectivity index (χ1) is 6.02. The van der Waals surface area contributed by atoms with Gasteiger partial charge in [-0.15, -0.1) is 0 Å². The molecule has 13 heavy (non-hydrogen) atoms. The third kappa shape index (κ3) is 2.19. The lowest BCUT2D eigenvalue weighted by atomic mass is 9.97. The van der Waals surface area contributed by atoms with Crippen LogP contribution in [0.25, 0.3) is 5.57 Å². The lowest BCUT2D eigenvalue weighted by Crippen LogP contribution is -2.03. The van der Waals surface area contributed by atoms with Crippen LogP contribution in [0, 0.1) is 13.8 Å². The molecule has 0 bridgehead atoms. The standard InChI is InChI=1S/C12H16O/c1-8-5-6-12(9(2)7-8)10(3)11(4)13/h5-7,11,13H,3H2,1-2,4H3/t11-/m0/s1. The van der Waals surface area contributed by atoms with E-state index in [0.29, 0.717) is 0 Å². The molecule has 0 spiro atoms. The first-order valence-electron chi connectivity index (χ1n) is 4.47. The van der Waals surface area contributed by atoms with Gasteiger partial charge in [0.15, 0.2) is 0 Å². The van der Waals surface area contributed by atoms with Crippen molar-refractivity contribution in [3.05, 3.63) is 41.5 Å². The SMILES string of the molecule is C=C(c1ccc(C)cc1C)[C@H](C)O. The number of aliphatic hydroxyl groups excluding tert-OH is 1. The van der Waals surface area contributed by atoms with Gasteiger partial charge in [-0.2, -0.15) is 0 Å².